The van der Waals surface area contributed by atoms with Crippen LogP contribution in [0.3, 0.4) is 0 Å². The molecule has 1 aliphatic rings. The van der Waals surface area contributed by atoms with E-state index in [1.165, 1.54) is 6.92 Å². The fraction of sp³-hybridized carbons (Fsp3) is 0.389. The molecule has 6 heteroatoms. The molecule has 2 N–H and O–H groups in total. The van der Waals surface area contributed by atoms with E-state index >= 15 is 0 Å². The van der Waals surface area contributed by atoms with Crippen molar-refractivity contribution < 1.29 is 19.1 Å². The van der Waals surface area contributed by atoms with E-state index in [2.05, 4.69) is 10.6 Å². The van der Waals surface area contributed by atoms with Crippen molar-refractivity contribution in [2.45, 2.75) is 38.8 Å². The highest BCUT2D eigenvalue weighted by Crippen LogP contribution is 2.20. The second-order valence-electron chi connectivity index (χ2n) is 5.72. The lowest BCUT2D eigenvalue weighted by atomic mass is 9.95. The number of carbonyl (C=O) groups is 3. The van der Waals surface area contributed by atoms with Gasteiger partial charge in [0, 0.05) is 6.54 Å². The van der Waals surface area contributed by atoms with Gasteiger partial charge in [0.05, 0.1) is 5.92 Å². The third-order valence-electron chi connectivity index (χ3n) is 3.80. The van der Waals surface area contributed by atoms with E-state index in [-0.39, 0.29) is 5.92 Å². The summed E-state index contributed by atoms with van der Waals surface area (Å²) in [7, 11) is 0. The maximum atomic E-state index is 12.0. The molecule has 0 unspecified atom stereocenters. The molecule has 0 bridgehead atoms. The first kappa shape index (κ1) is 17.7. The van der Waals surface area contributed by atoms with Crippen LogP contribution in [0.5, 0.6) is 0 Å². The molecule has 0 spiro atoms. The smallest absolute Gasteiger partial charge is 0.321 e. The van der Waals surface area contributed by atoms with Gasteiger partial charge in [-0.15, -0.1) is 0 Å². The summed E-state index contributed by atoms with van der Waals surface area (Å²) in [6.07, 6.45) is 5.15. The normalized spacial score (nSPS) is 17.6. The van der Waals surface area contributed by atoms with Crippen molar-refractivity contribution in [3.05, 3.63) is 48.0 Å². The molecule has 0 heterocycles. The zero-order chi connectivity index (χ0) is 17.4. The topological polar surface area (TPSA) is 84.5 Å². The Labute approximate surface area is 141 Å². The molecule has 3 amide bonds. The Balaban J connectivity index is 1.73. The zero-order valence-corrected chi connectivity index (χ0v) is 13.7. The van der Waals surface area contributed by atoms with Crippen LogP contribution < -0.4 is 10.6 Å². The van der Waals surface area contributed by atoms with Gasteiger partial charge in [0.25, 0.3) is 5.91 Å². The first-order valence-electron chi connectivity index (χ1n) is 8.04. The van der Waals surface area contributed by atoms with Gasteiger partial charge < -0.3 is 10.1 Å². The molecule has 2 rings (SSSR count). The quantitative estimate of drug-likeness (QED) is 0.641. The number of ether oxygens (including phenoxy) is 1. The van der Waals surface area contributed by atoms with E-state index in [4.69, 9.17) is 4.74 Å². The number of esters is 1. The summed E-state index contributed by atoms with van der Waals surface area (Å²) in [5.41, 5.74) is 0.921. The van der Waals surface area contributed by atoms with Crippen LogP contribution in [0.15, 0.2) is 42.5 Å². The third-order valence-corrected chi connectivity index (χ3v) is 3.80. The molecule has 0 aliphatic heterocycles. The van der Waals surface area contributed by atoms with Crippen molar-refractivity contribution in [2.75, 3.05) is 0 Å². The molecule has 0 fully saturated rings. The van der Waals surface area contributed by atoms with Gasteiger partial charge in [0.1, 0.15) is 0 Å². The van der Waals surface area contributed by atoms with Crippen molar-refractivity contribution in [3.8, 4) is 0 Å². The SMILES string of the molecule is C[C@@H](OC(=O)[C@@H]1CC=CCC1)C(=O)NC(=O)NCc1ccccc1. The predicted octanol–water partition coefficient (Wildman–Crippen LogP) is 2.30. The number of hydrogen-bond acceptors (Lipinski definition) is 4. The van der Waals surface area contributed by atoms with Gasteiger partial charge in [-0.3, -0.25) is 14.9 Å². The number of urea groups is 1. The number of rotatable bonds is 5. The standard InChI is InChI=1S/C18H22N2O4/c1-13(24-17(22)15-10-6-3-7-11-15)16(21)20-18(23)19-12-14-8-4-2-5-9-14/h2-6,8-9,13,15H,7,10-12H2,1H3,(H2,19,20,21,23)/t13-,15-/m1/s1. The summed E-state index contributed by atoms with van der Waals surface area (Å²) < 4.78 is 5.15. The number of carbonyl (C=O) groups excluding carboxylic acids is 3. The Morgan fingerprint density at radius 3 is 2.62 bits per heavy atom. The van der Waals surface area contributed by atoms with Gasteiger partial charge in [0.2, 0.25) is 0 Å². The summed E-state index contributed by atoms with van der Waals surface area (Å²) in [6.45, 7) is 1.76. The molecule has 0 aromatic heterocycles. The van der Waals surface area contributed by atoms with Crippen molar-refractivity contribution in [1.82, 2.24) is 10.6 Å². The minimum atomic E-state index is -1.01. The number of amides is 3. The summed E-state index contributed by atoms with van der Waals surface area (Å²) in [6, 6.07) is 8.72. The predicted molar refractivity (Wildman–Crippen MR) is 88.9 cm³/mol. The van der Waals surface area contributed by atoms with Gasteiger partial charge in [-0.05, 0) is 31.7 Å². The summed E-state index contributed by atoms with van der Waals surface area (Å²) in [5, 5.41) is 4.76. The molecule has 1 aliphatic carbocycles. The molecular formula is C18H22N2O4. The second kappa shape index (κ2) is 8.86. The molecule has 1 aromatic carbocycles. The fourth-order valence-electron chi connectivity index (χ4n) is 2.37. The van der Waals surface area contributed by atoms with Crippen LogP contribution in [0.4, 0.5) is 4.79 Å². The Morgan fingerprint density at radius 1 is 1.21 bits per heavy atom. The monoisotopic (exact) mass is 330 g/mol. The highest BCUT2D eigenvalue weighted by molar-refractivity contribution is 5.97. The van der Waals surface area contributed by atoms with Gasteiger partial charge in [0.15, 0.2) is 6.10 Å². The van der Waals surface area contributed by atoms with E-state index < -0.39 is 24.0 Å². The second-order valence-corrected chi connectivity index (χ2v) is 5.72. The fourth-order valence-corrected chi connectivity index (χ4v) is 2.37. The van der Waals surface area contributed by atoms with E-state index in [0.29, 0.717) is 13.0 Å². The number of imide groups is 1. The highest BCUT2D eigenvalue weighted by atomic mass is 16.5. The molecular weight excluding hydrogens is 308 g/mol. The molecule has 1 aromatic rings. The van der Waals surface area contributed by atoms with Crippen LogP contribution in [0, 0.1) is 5.92 Å². The lowest BCUT2D eigenvalue weighted by molar-refractivity contribution is -0.158. The lowest BCUT2D eigenvalue weighted by Gasteiger charge is -2.19. The molecule has 6 nitrogen and oxygen atoms in total. The Kier molecular flexibility index (Phi) is 6.54. The zero-order valence-electron chi connectivity index (χ0n) is 13.7. The Bertz CT molecular complexity index is 613. The maximum Gasteiger partial charge on any atom is 0.321 e. The number of hydrogen-bond donors (Lipinski definition) is 2. The van der Waals surface area contributed by atoms with Crippen LogP contribution in [0.2, 0.25) is 0 Å². The van der Waals surface area contributed by atoms with Crippen molar-refractivity contribution in [1.29, 1.82) is 0 Å². The number of allylic oxidation sites excluding steroid dienone is 2. The molecule has 0 radical (unpaired) electrons. The lowest BCUT2D eigenvalue weighted by Crippen LogP contribution is -2.44. The number of nitrogens with one attached hydrogen (secondary N) is 2. The molecule has 0 saturated carbocycles. The summed E-state index contributed by atoms with van der Waals surface area (Å²) >= 11 is 0. The van der Waals surface area contributed by atoms with Crippen LogP contribution in [-0.4, -0.2) is 24.0 Å². The maximum absolute atomic E-state index is 12.0. The van der Waals surface area contributed by atoms with Crippen LogP contribution in [-0.2, 0) is 20.9 Å². The highest BCUT2D eigenvalue weighted by Gasteiger charge is 2.25. The molecule has 2 atom stereocenters. The Morgan fingerprint density at radius 2 is 1.96 bits per heavy atom. The average Bonchev–Trinajstić information content (AvgIpc) is 2.61. The van der Waals surface area contributed by atoms with E-state index in [1.54, 1.807) is 0 Å². The molecule has 128 valence electrons. The minimum absolute atomic E-state index is 0.211. The van der Waals surface area contributed by atoms with E-state index in [1.807, 2.05) is 42.5 Å². The van der Waals surface area contributed by atoms with Crippen LogP contribution in [0.1, 0.15) is 31.7 Å². The van der Waals surface area contributed by atoms with Gasteiger partial charge in [-0.25, -0.2) is 4.79 Å². The molecule has 0 saturated heterocycles. The van der Waals surface area contributed by atoms with Crippen molar-refractivity contribution in [3.63, 3.8) is 0 Å². The van der Waals surface area contributed by atoms with Gasteiger partial charge >= 0.3 is 12.0 Å². The van der Waals surface area contributed by atoms with Crippen LogP contribution >= 0.6 is 0 Å². The van der Waals surface area contributed by atoms with Gasteiger partial charge in [-0.1, -0.05) is 42.5 Å². The average molecular weight is 330 g/mol. The van der Waals surface area contributed by atoms with Crippen molar-refractivity contribution in [2.24, 2.45) is 5.92 Å². The molecule has 24 heavy (non-hydrogen) atoms. The van der Waals surface area contributed by atoms with E-state index in [9.17, 15) is 14.4 Å². The first-order chi connectivity index (χ1) is 11.6. The van der Waals surface area contributed by atoms with Gasteiger partial charge in [-0.2, -0.15) is 0 Å². The van der Waals surface area contributed by atoms with Crippen LogP contribution in [0.25, 0.3) is 0 Å². The first-order valence-corrected chi connectivity index (χ1v) is 8.04. The van der Waals surface area contributed by atoms with E-state index in [0.717, 1.165) is 18.4 Å². The Hall–Kier alpha value is -2.63. The summed E-state index contributed by atoms with van der Waals surface area (Å²) in [5.74, 6) is -1.25. The minimum Gasteiger partial charge on any atom is -0.452 e. The third kappa shape index (κ3) is 5.53. The van der Waals surface area contributed by atoms with Crippen molar-refractivity contribution >= 4 is 17.9 Å². The number of benzene rings is 1. The summed E-state index contributed by atoms with van der Waals surface area (Å²) in [4.78, 5) is 35.6. The largest absolute Gasteiger partial charge is 0.452 e.